The SMILES string of the molecule is CC1(C)c2ccccc2OC1[C]=O. The summed E-state index contributed by atoms with van der Waals surface area (Å²) in [6, 6.07) is 7.74. The monoisotopic (exact) mass is 175 g/mol. The summed E-state index contributed by atoms with van der Waals surface area (Å²) in [5, 5.41) is 0. The zero-order valence-electron chi connectivity index (χ0n) is 7.70. The van der Waals surface area contributed by atoms with E-state index in [-0.39, 0.29) is 5.41 Å². The van der Waals surface area contributed by atoms with Crippen molar-refractivity contribution in [2.75, 3.05) is 0 Å². The molecule has 1 unspecified atom stereocenters. The second kappa shape index (κ2) is 2.59. The van der Waals surface area contributed by atoms with Crippen LogP contribution in [0.5, 0.6) is 5.75 Å². The Hall–Kier alpha value is -1.31. The van der Waals surface area contributed by atoms with Gasteiger partial charge in [0.25, 0.3) is 0 Å². The molecule has 1 aromatic rings. The Morgan fingerprint density at radius 1 is 1.38 bits per heavy atom. The zero-order valence-corrected chi connectivity index (χ0v) is 7.70. The van der Waals surface area contributed by atoms with Gasteiger partial charge in [0, 0.05) is 11.0 Å². The van der Waals surface area contributed by atoms with Gasteiger partial charge in [-0.15, -0.1) is 0 Å². The first-order valence-corrected chi connectivity index (χ1v) is 4.30. The van der Waals surface area contributed by atoms with Crippen LogP contribution in [0, 0.1) is 0 Å². The Labute approximate surface area is 77.5 Å². The molecule has 0 N–H and O–H groups in total. The standard InChI is InChI=1S/C11H11O2/c1-11(2)8-5-3-4-6-9(8)13-10(11)7-12/h3-6,10H,1-2H3. The molecular weight excluding hydrogens is 164 g/mol. The number of ether oxygens (including phenoxy) is 1. The van der Waals surface area contributed by atoms with E-state index in [1.807, 2.05) is 44.4 Å². The number of fused-ring (bicyclic) bond motifs is 1. The van der Waals surface area contributed by atoms with E-state index in [1.165, 1.54) is 0 Å². The maximum absolute atomic E-state index is 10.6. The largest absolute Gasteiger partial charge is 0.481 e. The lowest BCUT2D eigenvalue weighted by atomic mass is 9.82. The fourth-order valence-electron chi connectivity index (χ4n) is 1.69. The summed E-state index contributed by atoms with van der Waals surface area (Å²) < 4.78 is 5.45. The van der Waals surface area contributed by atoms with Crippen LogP contribution in [0.2, 0.25) is 0 Å². The molecular formula is C11H11O2. The lowest BCUT2D eigenvalue weighted by molar-refractivity contribution is 0.226. The van der Waals surface area contributed by atoms with Crippen molar-refractivity contribution in [3.8, 4) is 5.75 Å². The first-order valence-electron chi connectivity index (χ1n) is 4.30. The fraction of sp³-hybridized carbons (Fsp3) is 0.364. The second-order valence-corrected chi connectivity index (χ2v) is 3.83. The molecule has 2 rings (SSSR count). The molecule has 2 heteroatoms. The third kappa shape index (κ3) is 1.05. The smallest absolute Gasteiger partial charge is 0.243 e. The maximum Gasteiger partial charge on any atom is 0.243 e. The third-order valence-corrected chi connectivity index (χ3v) is 2.59. The van der Waals surface area contributed by atoms with Gasteiger partial charge in [-0.3, -0.25) is 4.79 Å². The molecule has 0 aliphatic carbocycles. The zero-order chi connectivity index (χ0) is 9.47. The molecule has 0 fully saturated rings. The van der Waals surface area contributed by atoms with Gasteiger partial charge in [0.2, 0.25) is 6.29 Å². The maximum atomic E-state index is 10.6. The molecule has 1 radical (unpaired) electrons. The van der Waals surface area contributed by atoms with E-state index in [0.717, 1.165) is 11.3 Å². The molecule has 0 bridgehead atoms. The van der Waals surface area contributed by atoms with Crippen molar-refractivity contribution in [3.63, 3.8) is 0 Å². The topological polar surface area (TPSA) is 26.3 Å². The molecule has 1 aliphatic heterocycles. The quantitative estimate of drug-likeness (QED) is 0.651. The fourth-order valence-corrected chi connectivity index (χ4v) is 1.69. The number of para-hydroxylation sites is 1. The number of carbonyl (C=O) groups excluding carboxylic acids is 1. The van der Waals surface area contributed by atoms with Gasteiger partial charge in [0.15, 0.2) is 6.10 Å². The highest BCUT2D eigenvalue weighted by Crippen LogP contribution is 2.41. The van der Waals surface area contributed by atoms with E-state index in [4.69, 9.17) is 4.74 Å². The number of rotatable bonds is 1. The summed E-state index contributed by atoms with van der Waals surface area (Å²) in [5.74, 6) is 0.806. The predicted octanol–water partition coefficient (Wildman–Crippen LogP) is 1.83. The van der Waals surface area contributed by atoms with E-state index in [9.17, 15) is 4.79 Å². The van der Waals surface area contributed by atoms with Gasteiger partial charge in [-0.1, -0.05) is 32.0 Å². The van der Waals surface area contributed by atoms with Gasteiger partial charge in [0.1, 0.15) is 5.75 Å². The Morgan fingerprint density at radius 3 is 2.69 bits per heavy atom. The van der Waals surface area contributed by atoms with Crippen molar-refractivity contribution in [3.05, 3.63) is 29.8 Å². The summed E-state index contributed by atoms with van der Waals surface area (Å²) in [4.78, 5) is 10.6. The molecule has 0 saturated carbocycles. The van der Waals surface area contributed by atoms with E-state index in [1.54, 1.807) is 0 Å². The van der Waals surface area contributed by atoms with Gasteiger partial charge in [0.05, 0.1) is 0 Å². The molecule has 13 heavy (non-hydrogen) atoms. The van der Waals surface area contributed by atoms with Gasteiger partial charge in [-0.25, -0.2) is 0 Å². The highest BCUT2D eigenvalue weighted by Gasteiger charge is 2.41. The van der Waals surface area contributed by atoms with Gasteiger partial charge in [-0.05, 0) is 6.07 Å². The van der Waals surface area contributed by atoms with Crippen LogP contribution in [0.25, 0.3) is 0 Å². The van der Waals surface area contributed by atoms with Crippen molar-refractivity contribution in [1.29, 1.82) is 0 Å². The molecule has 67 valence electrons. The number of hydrogen-bond donors (Lipinski definition) is 0. The molecule has 0 amide bonds. The van der Waals surface area contributed by atoms with Crippen LogP contribution in [0.4, 0.5) is 0 Å². The highest BCUT2D eigenvalue weighted by atomic mass is 16.5. The lowest BCUT2D eigenvalue weighted by Gasteiger charge is -2.20. The Kier molecular flexibility index (Phi) is 1.65. The summed E-state index contributed by atoms with van der Waals surface area (Å²) in [6.07, 6.45) is 1.46. The van der Waals surface area contributed by atoms with Gasteiger partial charge < -0.3 is 4.74 Å². The Balaban J connectivity index is 2.53. The minimum absolute atomic E-state index is 0.252. The molecule has 0 spiro atoms. The van der Waals surface area contributed by atoms with Crippen molar-refractivity contribution in [2.24, 2.45) is 0 Å². The van der Waals surface area contributed by atoms with E-state index in [0.29, 0.717) is 0 Å². The lowest BCUT2D eigenvalue weighted by Crippen LogP contribution is -2.33. The molecule has 1 aliphatic rings. The van der Waals surface area contributed by atoms with Crippen molar-refractivity contribution >= 4 is 6.29 Å². The first-order chi connectivity index (χ1) is 6.16. The minimum Gasteiger partial charge on any atom is -0.481 e. The van der Waals surface area contributed by atoms with Crippen molar-refractivity contribution in [1.82, 2.24) is 0 Å². The molecule has 1 aromatic carbocycles. The predicted molar refractivity (Wildman–Crippen MR) is 49.6 cm³/mol. The van der Waals surface area contributed by atoms with Gasteiger partial charge in [-0.2, -0.15) is 0 Å². The molecule has 0 aromatic heterocycles. The third-order valence-electron chi connectivity index (χ3n) is 2.59. The Morgan fingerprint density at radius 2 is 2.08 bits per heavy atom. The number of benzene rings is 1. The highest BCUT2D eigenvalue weighted by molar-refractivity contribution is 5.65. The summed E-state index contributed by atoms with van der Waals surface area (Å²) in [5.41, 5.74) is 0.835. The van der Waals surface area contributed by atoms with Crippen LogP contribution in [0.3, 0.4) is 0 Å². The normalized spacial score (nSPS) is 23.4. The van der Waals surface area contributed by atoms with Gasteiger partial charge >= 0.3 is 0 Å². The Bertz CT molecular complexity index is 342. The van der Waals surface area contributed by atoms with Crippen LogP contribution in [0.15, 0.2) is 24.3 Å². The van der Waals surface area contributed by atoms with Crippen LogP contribution in [0.1, 0.15) is 19.4 Å². The second-order valence-electron chi connectivity index (χ2n) is 3.83. The van der Waals surface area contributed by atoms with Crippen molar-refractivity contribution < 1.29 is 9.53 Å². The summed E-state index contributed by atoms with van der Waals surface area (Å²) in [7, 11) is 0. The average Bonchev–Trinajstić information content (AvgIpc) is 2.39. The molecule has 2 nitrogen and oxygen atoms in total. The van der Waals surface area contributed by atoms with Crippen LogP contribution in [-0.4, -0.2) is 12.4 Å². The first kappa shape index (κ1) is 8.30. The number of hydrogen-bond acceptors (Lipinski definition) is 2. The van der Waals surface area contributed by atoms with Crippen LogP contribution >= 0.6 is 0 Å². The summed E-state index contributed by atoms with van der Waals surface area (Å²) in [6.45, 7) is 3.99. The van der Waals surface area contributed by atoms with Crippen LogP contribution < -0.4 is 4.74 Å². The van der Waals surface area contributed by atoms with Crippen LogP contribution in [-0.2, 0) is 10.2 Å². The van der Waals surface area contributed by atoms with E-state index in [2.05, 4.69) is 0 Å². The molecule has 1 heterocycles. The summed E-state index contributed by atoms with van der Waals surface area (Å²) >= 11 is 0. The molecule has 0 saturated heterocycles. The average molecular weight is 175 g/mol. The van der Waals surface area contributed by atoms with E-state index < -0.39 is 6.10 Å². The van der Waals surface area contributed by atoms with Crippen molar-refractivity contribution in [2.45, 2.75) is 25.4 Å². The minimum atomic E-state index is -0.468. The van der Waals surface area contributed by atoms with E-state index >= 15 is 0 Å². The molecule has 1 atom stereocenters.